The van der Waals surface area contributed by atoms with Crippen LogP contribution in [0.4, 0.5) is 5.69 Å². The van der Waals surface area contributed by atoms with E-state index in [2.05, 4.69) is 26.2 Å². The lowest BCUT2D eigenvalue weighted by molar-refractivity contribution is 0.102. The Balaban J connectivity index is 2.27. The molecular formula is C13H10BrClN2O3S. The van der Waals surface area contributed by atoms with Crippen LogP contribution >= 0.6 is 26.6 Å². The molecule has 0 fully saturated rings. The summed E-state index contributed by atoms with van der Waals surface area (Å²) >= 11 is 3.11. The minimum Gasteiger partial charge on any atom is -0.321 e. The van der Waals surface area contributed by atoms with Crippen molar-refractivity contribution in [2.75, 3.05) is 5.32 Å². The molecule has 5 nitrogen and oxygen atoms in total. The predicted octanol–water partition coefficient (Wildman–Crippen LogP) is 3.33. The molecule has 2 aromatic rings. The molecule has 0 saturated carbocycles. The van der Waals surface area contributed by atoms with Crippen molar-refractivity contribution in [2.24, 2.45) is 0 Å². The average Bonchev–Trinajstić information content (AvgIpc) is 2.37. The summed E-state index contributed by atoms with van der Waals surface area (Å²) in [6.45, 7) is 1.78. The van der Waals surface area contributed by atoms with Crippen LogP contribution in [-0.4, -0.2) is 19.3 Å². The third-order valence-electron chi connectivity index (χ3n) is 2.68. The van der Waals surface area contributed by atoms with E-state index in [1.165, 1.54) is 24.4 Å². The van der Waals surface area contributed by atoms with Crippen LogP contribution < -0.4 is 5.32 Å². The second-order valence-corrected chi connectivity index (χ2v) is 7.59. The van der Waals surface area contributed by atoms with Crippen molar-refractivity contribution in [1.82, 2.24) is 4.98 Å². The van der Waals surface area contributed by atoms with Crippen molar-refractivity contribution in [3.05, 3.63) is 52.3 Å². The Morgan fingerprint density at radius 3 is 2.62 bits per heavy atom. The van der Waals surface area contributed by atoms with E-state index in [4.69, 9.17) is 10.7 Å². The molecule has 0 atom stereocenters. The van der Waals surface area contributed by atoms with Crippen LogP contribution in [0.5, 0.6) is 0 Å². The van der Waals surface area contributed by atoms with Gasteiger partial charge in [-0.25, -0.2) is 8.42 Å². The number of hydrogen-bond acceptors (Lipinski definition) is 4. The molecule has 0 spiro atoms. The van der Waals surface area contributed by atoms with Gasteiger partial charge >= 0.3 is 0 Å². The molecule has 1 amide bonds. The first-order chi connectivity index (χ1) is 9.79. The zero-order valence-electron chi connectivity index (χ0n) is 10.8. The number of carbonyl (C=O) groups excluding carboxylic acids is 1. The van der Waals surface area contributed by atoms with Gasteiger partial charge in [0.2, 0.25) is 0 Å². The molecular weight excluding hydrogens is 380 g/mol. The third-order valence-corrected chi connectivity index (χ3v) is 4.98. The Morgan fingerprint density at radius 1 is 1.33 bits per heavy atom. The number of nitrogens with zero attached hydrogens (tertiary/aromatic N) is 1. The molecule has 1 N–H and O–H groups in total. The maximum absolute atomic E-state index is 12.1. The van der Waals surface area contributed by atoms with Gasteiger partial charge in [-0.05, 0) is 52.7 Å². The Morgan fingerprint density at radius 2 is 2.05 bits per heavy atom. The molecule has 0 aliphatic rings. The fourth-order valence-corrected chi connectivity index (χ4v) is 3.91. The zero-order chi connectivity index (χ0) is 15.6. The first-order valence-electron chi connectivity index (χ1n) is 5.76. The highest BCUT2D eigenvalue weighted by molar-refractivity contribution is 9.10. The van der Waals surface area contributed by atoms with Crippen molar-refractivity contribution in [3.8, 4) is 0 Å². The number of aryl methyl sites for hydroxylation is 1. The molecule has 0 bridgehead atoms. The Labute approximate surface area is 134 Å². The van der Waals surface area contributed by atoms with Gasteiger partial charge in [0.25, 0.3) is 15.0 Å². The molecule has 2 rings (SSSR count). The fourth-order valence-electron chi connectivity index (χ4n) is 1.69. The van der Waals surface area contributed by atoms with Gasteiger partial charge in [0.05, 0.1) is 4.90 Å². The molecule has 21 heavy (non-hydrogen) atoms. The molecule has 1 aromatic heterocycles. The van der Waals surface area contributed by atoms with Gasteiger partial charge in [0, 0.05) is 27.0 Å². The van der Waals surface area contributed by atoms with E-state index >= 15 is 0 Å². The van der Waals surface area contributed by atoms with Crippen LogP contribution in [-0.2, 0) is 9.05 Å². The number of amides is 1. The average molecular weight is 390 g/mol. The van der Waals surface area contributed by atoms with Crippen LogP contribution in [0.15, 0.2) is 45.9 Å². The Bertz CT molecular complexity index is 809. The van der Waals surface area contributed by atoms with Crippen LogP contribution in [0.1, 0.15) is 16.1 Å². The SMILES string of the molecule is Cc1cccnc1C(=O)Nc1ccc(S(=O)(=O)Cl)c(Br)c1. The third kappa shape index (κ3) is 3.81. The van der Waals surface area contributed by atoms with Gasteiger partial charge < -0.3 is 5.32 Å². The lowest BCUT2D eigenvalue weighted by atomic mass is 10.2. The lowest BCUT2D eigenvalue weighted by Gasteiger charge is -2.08. The quantitative estimate of drug-likeness (QED) is 0.817. The summed E-state index contributed by atoms with van der Waals surface area (Å²) < 4.78 is 22.9. The number of rotatable bonds is 3. The standard InChI is InChI=1S/C13H10BrClN2O3S/c1-8-3-2-6-16-12(8)13(18)17-9-4-5-11(10(14)7-9)21(15,19)20/h2-7H,1H3,(H,17,18). The number of benzene rings is 1. The summed E-state index contributed by atoms with van der Waals surface area (Å²) in [5.74, 6) is -0.374. The van der Waals surface area contributed by atoms with Crippen molar-refractivity contribution >= 4 is 47.3 Å². The van der Waals surface area contributed by atoms with E-state index in [0.717, 1.165) is 5.56 Å². The van der Waals surface area contributed by atoms with Gasteiger partial charge in [0.15, 0.2) is 0 Å². The minimum absolute atomic E-state index is 0.0591. The first-order valence-corrected chi connectivity index (χ1v) is 8.86. The summed E-state index contributed by atoms with van der Waals surface area (Å²) in [4.78, 5) is 16.0. The van der Waals surface area contributed by atoms with E-state index in [1.54, 1.807) is 19.1 Å². The second-order valence-electron chi connectivity index (χ2n) is 4.21. The maximum Gasteiger partial charge on any atom is 0.274 e. The summed E-state index contributed by atoms with van der Waals surface area (Å²) in [5.41, 5.74) is 1.48. The highest BCUT2D eigenvalue weighted by atomic mass is 79.9. The van der Waals surface area contributed by atoms with E-state index in [0.29, 0.717) is 11.4 Å². The smallest absolute Gasteiger partial charge is 0.274 e. The summed E-state index contributed by atoms with van der Waals surface area (Å²) in [7, 11) is 1.45. The Hall–Kier alpha value is -1.44. The van der Waals surface area contributed by atoms with E-state index in [9.17, 15) is 13.2 Å². The molecule has 110 valence electrons. The van der Waals surface area contributed by atoms with Crippen molar-refractivity contribution in [1.29, 1.82) is 0 Å². The Kier molecular flexibility index (Phi) is 4.65. The summed E-state index contributed by atoms with van der Waals surface area (Å²) in [6, 6.07) is 7.75. The van der Waals surface area contributed by atoms with Gasteiger partial charge in [-0.3, -0.25) is 9.78 Å². The molecule has 0 radical (unpaired) electrons. The van der Waals surface area contributed by atoms with Crippen LogP contribution in [0, 0.1) is 6.92 Å². The van der Waals surface area contributed by atoms with E-state index < -0.39 is 9.05 Å². The van der Waals surface area contributed by atoms with Crippen LogP contribution in [0.2, 0.25) is 0 Å². The monoisotopic (exact) mass is 388 g/mol. The molecule has 1 aromatic carbocycles. The molecule has 8 heteroatoms. The predicted molar refractivity (Wildman–Crippen MR) is 84.1 cm³/mol. The zero-order valence-corrected chi connectivity index (χ0v) is 14.0. The van der Waals surface area contributed by atoms with Crippen molar-refractivity contribution in [3.63, 3.8) is 0 Å². The van der Waals surface area contributed by atoms with E-state index in [1.807, 2.05) is 0 Å². The van der Waals surface area contributed by atoms with Crippen LogP contribution in [0.3, 0.4) is 0 Å². The number of anilines is 1. The number of halogens is 2. The highest BCUT2D eigenvalue weighted by Gasteiger charge is 2.16. The number of nitrogens with one attached hydrogen (secondary N) is 1. The van der Waals surface area contributed by atoms with Crippen molar-refractivity contribution in [2.45, 2.75) is 11.8 Å². The number of pyridine rings is 1. The largest absolute Gasteiger partial charge is 0.321 e. The lowest BCUT2D eigenvalue weighted by Crippen LogP contribution is -2.15. The van der Waals surface area contributed by atoms with Crippen molar-refractivity contribution < 1.29 is 13.2 Å². The topological polar surface area (TPSA) is 76.1 Å². The molecule has 0 saturated heterocycles. The second kappa shape index (κ2) is 6.13. The maximum atomic E-state index is 12.1. The fraction of sp³-hybridized carbons (Fsp3) is 0.0769. The molecule has 0 aliphatic carbocycles. The number of carbonyl (C=O) groups is 1. The summed E-state index contributed by atoms with van der Waals surface area (Å²) in [5, 5.41) is 2.65. The first kappa shape index (κ1) is 15.9. The number of hydrogen-bond donors (Lipinski definition) is 1. The normalized spacial score (nSPS) is 11.2. The van der Waals surface area contributed by atoms with E-state index in [-0.39, 0.29) is 15.3 Å². The summed E-state index contributed by atoms with van der Waals surface area (Å²) in [6.07, 6.45) is 1.53. The molecule has 0 aliphatic heterocycles. The highest BCUT2D eigenvalue weighted by Crippen LogP contribution is 2.28. The van der Waals surface area contributed by atoms with Gasteiger partial charge in [-0.15, -0.1) is 0 Å². The molecule has 0 unspecified atom stereocenters. The van der Waals surface area contributed by atoms with Crippen LogP contribution in [0.25, 0.3) is 0 Å². The van der Waals surface area contributed by atoms with Gasteiger partial charge in [-0.2, -0.15) is 0 Å². The number of aromatic nitrogens is 1. The molecule has 1 heterocycles. The van der Waals surface area contributed by atoms with Gasteiger partial charge in [0.1, 0.15) is 5.69 Å². The minimum atomic E-state index is -3.84. The van der Waals surface area contributed by atoms with Gasteiger partial charge in [-0.1, -0.05) is 6.07 Å².